The fraction of sp³-hybridized carbons (Fsp3) is 0.500. The first kappa shape index (κ1) is 11.3. The molecule has 0 aliphatic heterocycles. The van der Waals surface area contributed by atoms with Gasteiger partial charge in [-0.25, -0.2) is 0 Å². The molecule has 16 heavy (non-hydrogen) atoms. The van der Waals surface area contributed by atoms with Crippen molar-refractivity contribution in [2.24, 2.45) is 11.7 Å². The lowest BCUT2D eigenvalue weighted by molar-refractivity contribution is -0.118. The lowest BCUT2D eigenvalue weighted by Gasteiger charge is -2.09. The summed E-state index contributed by atoms with van der Waals surface area (Å²) in [6, 6.07) is 8.22. The third-order valence-electron chi connectivity index (χ3n) is 3.17. The second-order valence-electron chi connectivity index (χ2n) is 4.91. The molecule has 1 aromatic carbocycles. The van der Waals surface area contributed by atoms with E-state index in [9.17, 15) is 4.79 Å². The van der Waals surface area contributed by atoms with Crippen LogP contribution < -0.4 is 5.73 Å². The number of rotatable bonds is 5. The molecular formula is C14H19NO. The van der Waals surface area contributed by atoms with Gasteiger partial charge in [-0.2, -0.15) is 0 Å². The molecule has 0 bridgehead atoms. The van der Waals surface area contributed by atoms with Gasteiger partial charge in [0.1, 0.15) is 5.78 Å². The highest BCUT2D eigenvalue weighted by Crippen LogP contribution is 2.32. The number of ketones is 1. The predicted molar refractivity (Wildman–Crippen MR) is 65.2 cm³/mol. The molecule has 1 aliphatic rings. The lowest BCUT2D eigenvalue weighted by Crippen LogP contribution is -2.26. The van der Waals surface area contributed by atoms with E-state index >= 15 is 0 Å². The largest absolute Gasteiger partial charge is 0.327 e. The van der Waals surface area contributed by atoms with Crippen molar-refractivity contribution in [3.63, 3.8) is 0 Å². The first-order valence-corrected chi connectivity index (χ1v) is 5.98. The van der Waals surface area contributed by atoms with Crippen LogP contribution in [0.25, 0.3) is 0 Å². The standard InChI is InChI=1S/C14H19NO/c1-10-3-2-4-11(7-10)8-13(16)9-14(15)12-5-6-12/h2-4,7,12,14H,5-6,8-9,15H2,1H3. The van der Waals surface area contributed by atoms with Crippen molar-refractivity contribution >= 4 is 5.78 Å². The van der Waals surface area contributed by atoms with Gasteiger partial charge in [-0.3, -0.25) is 4.79 Å². The molecule has 0 radical (unpaired) electrons. The van der Waals surface area contributed by atoms with Gasteiger partial charge in [0, 0.05) is 18.9 Å². The molecule has 0 heterocycles. The fourth-order valence-corrected chi connectivity index (χ4v) is 2.08. The monoisotopic (exact) mass is 217 g/mol. The van der Waals surface area contributed by atoms with Gasteiger partial charge in [0.25, 0.3) is 0 Å². The van der Waals surface area contributed by atoms with Crippen molar-refractivity contribution < 1.29 is 4.79 Å². The number of nitrogens with two attached hydrogens (primary N) is 1. The van der Waals surface area contributed by atoms with Crippen LogP contribution in [0.4, 0.5) is 0 Å². The summed E-state index contributed by atoms with van der Waals surface area (Å²) >= 11 is 0. The predicted octanol–water partition coefficient (Wildman–Crippen LogP) is 2.23. The first-order chi connectivity index (χ1) is 7.65. The lowest BCUT2D eigenvalue weighted by atomic mass is 10.0. The molecule has 1 fully saturated rings. The molecule has 0 aromatic heterocycles. The maximum Gasteiger partial charge on any atom is 0.138 e. The van der Waals surface area contributed by atoms with E-state index in [0.29, 0.717) is 18.8 Å². The van der Waals surface area contributed by atoms with Gasteiger partial charge in [0.05, 0.1) is 0 Å². The van der Waals surface area contributed by atoms with Gasteiger partial charge in [-0.1, -0.05) is 29.8 Å². The van der Waals surface area contributed by atoms with E-state index in [1.54, 1.807) is 0 Å². The quantitative estimate of drug-likeness (QED) is 0.822. The normalized spacial score (nSPS) is 17.1. The Morgan fingerprint density at radius 2 is 2.25 bits per heavy atom. The molecule has 2 N–H and O–H groups in total. The van der Waals surface area contributed by atoms with Crippen molar-refractivity contribution in [3.05, 3.63) is 35.4 Å². The van der Waals surface area contributed by atoms with E-state index in [1.807, 2.05) is 25.1 Å². The Morgan fingerprint density at radius 3 is 2.88 bits per heavy atom. The van der Waals surface area contributed by atoms with E-state index in [0.717, 1.165) is 5.56 Å². The average Bonchev–Trinajstić information content (AvgIpc) is 2.99. The number of hydrogen-bond donors (Lipinski definition) is 1. The second-order valence-corrected chi connectivity index (χ2v) is 4.91. The SMILES string of the molecule is Cc1cccc(CC(=O)CC(N)C2CC2)c1. The molecule has 0 amide bonds. The second kappa shape index (κ2) is 4.79. The molecule has 1 saturated carbocycles. The number of carbonyl (C=O) groups is 1. The Kier molecular flexibility index (Phi) is 3.39. The van der Waals surface area contributed by atoms with E-state index in [4.69, 9.17) is 5.73 Å². The van der Waals surface area contributed by atoms with Crippen LogP contribution in [-0.2, 0) is 11.2 Å². The van der Waals surface area contributed by atoms with Crippen LogP contribution in [0, 0.1) is 12.8 Å². The van der Waals surface area contributed by atoms with Crippen LogP contribution in [0.1, 0.15) is 30.4 Å². The van der Waals surface area contributed by atoms with Crippen LogP contribution in [0.5, 0.6) is 0 Å². The van der Waals surface area contributed by atoms with Crippen molar-refractivity contribution in [1.29, 1.82) is 0 Å². The molecular weight excluding hydrogens is 198 g/mol. The summed E-state index contributed by atoms with van der Waals surface area (Å²) in [6.07, 6.45) is 3.48. The van der Waals surface area contributed by atoms with Crippen LogP contribution in [0.15, 0.2) is 24.3 Å². The van der Waals surface area contributed by atoms with Crippen LogP contribution >= 0.6 is 0 Å². The first-order valence-electron chi connectivity index (χ1n) is 5.98. The van der Waals surface area contributed by atoms with Gasteiger partial charge in [-0.05, 0) is 31.2 Å². The average molecular weight is 217 g/mol. The zero-order valence-electron chi connectivity index (χ0n) is 9.78. The van der Waals surface area contributed by atoms with Crippen molar-refractivity contribution in [2.45, 2.75) is 38.6 Å². The number of carbonyl (C=O) groups excluding carboxylic acids is 1. The molecule has 1 aromatic rings. The highest BCUT2D eigenvalue weighted by Gasteiger charge is 2.29. The molecule has 0 spiro atoms. The number of aryl methyl sites for hydroxylation is 1. The van der Waals surface area contributed by atoms with Crippen LogP contribution in [0.2, 0.25) is 0 Å². The Morgan fingerprint density at radius 1 is 1.50 bits per heavy atom. The van der Waals surface area contributed by atoms with Gasteiger partial charge < -0.3 is 5.73 Å². The van der Waals surface area contributed by atoms with E-state index in [-0.39, 0.29) is 11.8 Å². The maximum absolute atomic E-state index is 11.8. The highest BCUT2D eigenvalue weighted by molar-refractivity contribution is 5.81. The molecule has 0 saturated heterocycles. The van der Waals surface area contributed by atoms with Crippen molar-refractivity contribution in [1.82, 2.24) is 0 Å². The maximum atomic E-state index is 11.8. The summed E-state index contributed by atoms with van der Waals surface area (Å²) < 4.78 is 0. The van der Waals surface area contributed by atoms with Crippen LogP contribution in [0.3, 0.4) is 0 Å². The van der Waals surface area contributed by atoms with Gasteiger partial charge in [0.15, 0.2) is 0 Å². The summed E-state index contributed by atoms with van der Waals surface area (Å²) in [6.45, 7) is 2.05. The summed E-state index contributed by atoms with van der Waals surface area (Å²) in [5, 5.41) is 0. The minimum Gasteiger partial charge on any atom is -0.327 e. The minimum atomic E-state index is 0.0947. The van der Waals surface area contributed by atoms with E-state index < -0.39 is 0 Å². The third kappa shape index (κ3) is 3.17. The van der Waals surface area contributed by atoms with E-state index in [1.165, 1.54) is 18.4 Å². The zero-order valence-corrected chi connectivity index (χ0v) is 9.78. The molecule has 1 aliphatic carbocycles. The summed E-state index contributed by atoms with van der Waals surface area (Å²) in [4.78, 5) is 11.8. The third-order valence-corrected chi connectivity index (χ3v) is 3.17. The number of hydrogen-bond acceptors (Lipinski definition) is 2. The van der Waals surface area contributed by atoms with Crippen molar-refractivity contribution in [3.8, 4) is 0 Å². The molecule has 2 nitrogen and oxygen atoms in total. The van der Waals surface area contributed by atoms with Crippen molar-refractivity contribution in [2.75, 3.05) is 0 Å². The van der Waals surface area contributed by atoms with Gasteiger partial charge >= 0.3 is 0 Å². The number of benzene rings is 1. The molecule has 2 rings (SSSR count). The highest BCUT2D eigenvalue weighted by atomic mass is 16.1. The topological polar surface area (TPSA) is 43.1 Å². The smallest absolute Gasteiger partial charge is 0.138 e. The minimum absolute atomic E-state index is 0.0947. The Hall–Kier alpha value is -1.15. The summed E-state index contributed by atoms with van der Waals surface area (Å²) in [5.74, 6) is 0.881. The van der Waals surface area contributed by atoms with E-state index in [2.05, 4.69) is 6.07 Å². The summed E-state index contributed by atoms with van der Waals surface area (Å²) in [7, 11) is 0. The fourth-order valence-electron chi connectivity index (χ4n) is 2.08. The number of Topliss-reactive ketones (excluding diaryl/α,β-unsaturated/α-hetero) is 1. The Bertz CT molecular complexity index is 382. The Labute approximate surface area is 96.8 Å². The van der Waals surface area contributed by atoms with Gasteiger partial charge in [-0.15, -0.1) is 0 Å². The Balaban J connectivity index is 1.86. The van der Waals surface area contributed by atoms with Gasteiger partial charge in [0.2, 0.25) is 0 Å². The molecule has 2 heteroatoms. The molecule has 86 valence electrons. The zero-order chi connectivity index (χ0) is 11.5. The summed E-state index contributed by atoms with van der Waals surface area (Å²) in [5.41, 5.74) is 8.25. The molecule has 1 unspecified atom stereocenters. The van der Waals surface area contributed by atoms with Crippen LogP contribution in [-0.4, -0.2) is 11.8 Å². The molecule has 1 atom stereocenters.